The van der Waals surface area contributed by atoms with Crippen LogP contribution in [0, 0.1) is 20.8 Å². The highest BCUT2D eigenvalue weighted by Gasteiger charge is 2.32. The first-order chi connectivity index (χ1) is 17.7. The minimum atomic E-state index is -0.945. The molecule has 0 saturated carbocycles. The maximum atomic E-state index is 11.8. The standard InChI is InChI=1S/C28H28N4O4S/c1-14-16(3)37-28-25(14)26(29-22(13-24(34)35)27-31-30-17(4)32(27)28)19-8-6-18(7-9-19)21-12-20(15(2)33)10-11-23(21)36-5/h6-12,15,22,33H,13H2,1-5H3,(H,34,35)/t15-,22?/m0/s1. The number of aromatic nitrogens is 3. The van der Waals surface area contributed by atoms with Crippen LogP contribution in [0.1, 0.15) is 64.3 Å². The Hall–Kier alpha value is -3.82. The average molecular weight is 517 g/mol. The first kappa shape index (κ1) is 24.9. The van der Waals surface area contributed by atoms with E-state index in [9.17, 15) is 15.0 Å². The molecule has 1 unspecified atom stereocenters. The number of fused-ring (bicyclic) bond motifs is 3. The quantitative estimate of drug-likeness (QED) is 0.358. The largest absolute Gasteiger partial charge is 0.496 e. The van der Waals surface area contributed by atoms with Gasteiger partial charge in [0.05, 0.1) is 25.3 Å². The van der Waals surface area contributed by atoms with E-state index in [0.29, 0.717) is 17.4 Å². The van der Waals surface area contributed by atoms with Gasteiger partial charge in [-0.05, 0) is 56.5 Å². The molecule has 0 amide bonds. The summed E-state index contributed by atoms with van der Waals surface area (Å²) in [5.41, 5.74) is 6.31. The van der Waals surface area contributed by atoms with Crippen molar-refractivity contribution >= 4 is 23.0 Å². The average Bonchev–Trinajstić information content (AvgIpc) is 3.35. The molecule has 1 aliphatic heterocycles. The van der Waals surface area contributed by atoms with E-state index >= 15 is 0 Å². The maximum absolute atomic E-state index is 11.8. The van der Waals surface area contributed by atoms with Gasteiger partial charge in [-0.2, -0.15) is 0 Å². The number of aliphatic imine (C=N–C) groups is 1. The number of aliphatic hydroxyl groups is 1. The summed E-state index contributed by atoms with van der Waals surface area (Å²) in [6.45, 7) is 7.75. The van der Waals surface area contributed by atoms with E-state index in [1.54, 1.807) is 25.4 Å². The minimum absolute atomic E-state index is 0.185. The fourth-order valence-corrected chi connectivity index (χ4v) is 5.92. The molecule has 1 aliphatic rings. The number of aliphatic carboxylic acids is 1. The van der Waals surface area contributed by atoms with Crippen molar-refractivity contribution in [2.45, 2.75) is 46.3 Å². The third-order valence-electron chi connectivity index (χ3n) is 6.78. The minimum Gasteiger partial charge on any atom is -0.496 e. The summed E-state index contributed by atoms with van der Waals surface area (Å²) in [7, 11) is 1.63. The third-order valence-corrected chi connectivity index (χ3v) is 7.98. The summed E-state index contributed by atoms with van der Waals surface area (Å²) < 4.78 is 7.53. The zero-order chi connectivity index (χ0) is 26.4. The second-order valence-corrected chi connectivity index (χ2v) is 10.4. The van der Waals surface area contributed by atoms with Crippen molar-refractivity contribution in [3.63, 3.8) is 0 Å². The summed E-state index contributed by atoms with van der Waals surface area (Å²) in [5, 5.41) is 29.2. The first-order valence-corrected chi connectivity index (χ1v) is 12.8. The predicted octanol–water partition coefficient (Wildman–Crippen LogP) is 5.35. The fourth-order valence-electron chi connectivity index (χ4n) is 4.71. The lowest BCUT2D eigenvalue weighted by Gasteiger charge is -2.14. The lowest BCUT2D eigenvalue weighted by molar-refractivity contribution is -0.137. The monoisotopic (exact) mass is 516 g/mol. The number of nitrogens with zero attached hydrogens (tertiary/aromatic N) is 4. The Morgan fingerprint density at radius 3 is 2.46 bits per heavy atom. The lowest BCUT2D eigenvalue weighted by Crippen LogP contribution is -2.10. The third kappa shape index (κ3) is 4.34. The molecule has 8 nitrogen and oxygen atoms in total. The van der Waals surface area contributed by atoms with Crippen LogP contribution in [0.2, 0.25) is 0 Å². The second kappa shape index (κ2) is 9.57. The number of carboxylic acid groups (broad SMARTS) is 1. The van der Waals surface area contributed by atoms with E-state index in [1.165, 1.54) is 0 Å². The predicted molar refractivity (Wildman–Crippen MR) is 143 cm³/mol. The molecule has 2 aromatic heterocycles. The molecule has 37 heavy (non-hydrogen) atoms. The smallest absolute Gasteiger partial charge is 0.306 e. The molecular formula is C28H28N4O4S. The molecule has 0 aliphatic carbocycles. The number of rotatable bonds is 6. The number of thiophene rings is 1. The molecule has 190 valence electrons. The van der Waals surface area contributed by atoms with Crippen LogP contribution in [-0.4, -0.2) is 43.8 Å². The first-order valence-electron chi connectivity index (χ1n) is 12.0. The molecule has 5 rings (SSSR count). The van der Waals surface area contributed by atoms with E-state index in [2.05, 4.69) is 24.0 Å². The molecular weight excluding hydrogens is 488 g/mol. The van der Waals surface area contributed by atoms with Crippen LogP contribution in [0.5, 0.6) is 5.75 Å². The van der Waals surface area contributed by atoms with Crippen LogP contribution in [0.3, 0.4) is 0 Å². The SMILES string of the molecule is COc1ccc([C@H](C)O)cc1-c1ccc(C2=NC(CC(=O)O)c3nnc(C)n3-c3sc(C)c(C)c32)cc1. The molecule has 0 spiro atoms. The maximum Gasteiger partial charge on any atom is 0.306 e. The summed E-state index contributed by atoms with van der Waals surface area (Å²) in [4.78, 5) is 17.9. The summed E-state index contributed by atoms with van der Waals surface area (Å²) >= 11 is 1.63. The molecule has 3 heterocycles. The Kier molecular flexibility index (Phi) is 6.43. The van der Waals surface area contributed by atoms with Crippen molar-refractivity contribution in [1.29, 1.82) is 0 Å². The molecule has 2 N–H and O–H groups in total. The molecule has 0 saturated heterocycles. The fraction of sp³-hybridized carbons (Fsp3) is 0.286. The summed E-state index contributed by atoms with van der Waals surface area (Å²) in [5.74, 6) is 1.00. The number of methoxy groups -OCH3 is 1. The van der Waals surface area contributed by atoms with Crippen molar-refractivity contribution in [3.05, 3.63) is 81.2 Å². The van der Waals surface area contributed by atoms with Crippen LogP contribution in [0.4, 0.5) is 0 Å². The van der Waals surface area contributed by atoms with E-state index in [4.69, 9.17) is 9.73 Å². The number of aliphatic hydroxyl groups excluding tert-OH is 1. The Bertz CT molecular complexity index is 1530. The van der Waals surface area contributed by atoms with E-state index in [1.807, 2.05) is 54.0 Å². The topological polar surface area (TPSA) is 110 Å². The highest BCUT2D eigenvalue weighted by atomic mass is 32.1. The van der Waals surface area contributed by atoms with Crippen molar-refractivity contribution < 1.29 is 19.7 Å². The van der Waals surface area contributed by atoms with E-state index in [0.717, 1.165) is 49.0 Å². The molecule has 9 heteroatoms. The van der Waals surface area contributed by atoms with Crippen LogP contribution < -0.4 is 4.74 Å². The number of ether oxygens (including phenoxy) is 1. The van der Waals surface area contributed by atoms with Crippen molar-refractivity contribution in [3.8, 4) is 21.9 Å². The molecule has 0 bridgehead atoms. The van der Waals surface area contributed by atoms with Gasteiger partial charge in [-0.25, -0.2) is 0 Å². The van der Waals surface area contributed by atoms with Crippen molar-refractivity contribution in [2.75, 3.05) is 7.11 Å². The number of carboxylic acids is 1. The molecule has 0 radical (unpaired) electrons. The van der Waals surface area contributed by atoms with Gasteiger partial charge in [-0.1, -0.05) is 30.3 Å². The van der Waals surface area contributed by atoms with Gasteiger partial charge < -0.3 is 14.9 Å². The lowest BCUT2D eigenvalue weighted by atomic mass is 9.95. The van der Waals surface area contributed by atoms with Crippen LogP contribution in [0.25, 0.3) is 16.1 Å². The van der Waals surface area contributed by atoms with E-state index < -0.39 is 18.1 Å². The van der Waals surface area contributed by atoms with Gasteiger partial charge in [0.2, 0.25) is 0 Å². The van der Waals surface area contributed by atoms with Gasteiger partial charge in [0.15, 0.2) is 5.82 Å². The van der Waals surface area contributed by atoms with Crippen molar-refractivity contribution in [1.82, 2.24) is 14.8 Å². The second-order valence-electron chi connectivity index (χ2n) is 9.21. The van der Waals surface area contributed by atoms with Crippen molar-refractivity contribution in [2.24, 2.45) is 4.99 Å². The van der Waals surface area contributed by atoms with Gasteiger partial charge in [-0.15, -0.1) is 21.5 Å². The Balaban J connectivity index is 1.66. The van der Waals surface area contributed by atoms with Gasteiger partial charge >= 0.3 is 5.97 Å². The Morgan fingerprint density at radius 1 is 1.11 bits per heavy atom. The number of benzene rings is 2. The Labute approximate surface area is 218 Å². The molecule has 2 aromatic carbocycles. The normalized spacial score (nSPS) is 15.4. The zero-order valence-electron chi connectivity index (χ0n) is 21.3. The van der Waals surface area contributed by atoms with Crippen LogP contribution >= 0.6 is 11.3 Å². The van der Waals surface area contributed by atoms with Gasteiger partial charge in [0.1, 0.15) is 22.6 Å². The summed E-state index contributed by atoms with van der Waals surface area (Å²) in [6, 6.07) is 13.0. The highest BCUT2D eigenvalue weighted by molar-refractivity contribution is 7.15. The van der Waals surface area contributed by atoms with Gasteiger partial charge in [0, 0.05) is 21.6 Å². The number of carbonyl (C=O) groups is 1. The molecule has 4 aromatic rings. The number of aryl methyl sites for hydroxylation is 2. The summed E-state index contributed by atoms with van der Waals surface area (Å²) in [6.07, 6.45) is -0.779. The van der Waals surface area contributed by atoms with E-state index in [-0.39, 0.29) is 6.42 Å². The van der Waals surface area contributed by atoms with Gasteiger partial charge in [-0.3, -0.25) is 14.4 Å². The number of hydrogen-bond acceptors (Lipinski definition) is 7. The van der Waals surface area contributed by atoms with Crippen LogP contribution in [-0.2, 0) is 4.79 Å². The molecule has 0 fully saturated rings. The highest BCUT2D eigenvalue weighted by Crippen LogP contribution is 2.40. The van der Waals surface area contributed by atoms with Gasteiger partial charge in [0.25, 0.3) is 0 Å². The molecule has 2 atom stereocenters. The zero-order valence-corrected chi connectivity index (χ0v) is 22.1. The Morgan fingerprint density at radius 2 is 1.81 bits per heavy atom. The number of hydrogen-bond donors (Lipinski definition) is 2. The van der Waals surface area contributed by atoms with Crippen LogP contribution in [0.15, 0.2) is 47.5 Å².